The Kier molecular flexibility index (Phi) is 8.11. The molecule has 1 aromatic carbocycles. The number of rotatable bonds is 7. The van der Waals surface area contributed by atoms with Gasteiger partial charge in [0.2, 0.25) is 0 Å². The van der Waals surface area contributed by atoms with Gasteiger partial charge in [0, 0.05) is 23.7 Å². The first kappa shape index (κ1) is 27.0. The molecule has 0 aliphatic heterocycles. The quantitative estimate of drug-likeness (QED) is 0.270. The Balaban J connectivity index is 1.63. The van der Waals surface area contributed by atoms with Gasteiger partial charge in [0.05, 0.1) is 27.5 Å². The molecular formula is C25H27Cl2N5O4S. The number of nitrogens with one attached hydrogen (secondary N) is 3. The molecule has 9 nitrogen and oxygen atoms in total. The molecule has 0 radical (unpaired) electrons. The number of halogens is 2. The number of nitrogens with zero attached hydrogens (tertiary/aromatic N) is 2. The van der Waals surface area contributed by atoms with Crippen LogP contribution in [0.3, 0.4) is 0 Å². The molecule has 4 N–H and O–H groups in total. The van der Waals surface area contributed by atoms with Crippen molar-refractivity contribution in [2.24, 2.45) is 12.5 Å². The Morgan fingerprint density at radius 1 is 1.14 bits per heavy atom. The molecule has 12 heteroatoms. The number of aryl methyl sites for hydroxylation is 1. The Morgan fingerprint density at radius 3 is 2.41 bits per heavy atom. The highest BCUT2D eigenvalue weighted by Crippen LogP contribution is 2.40. The molecule has 1 fully saturated rings. The molecule has 1 atom stereocenters. The molecule has 3 aromatic rings. The highest BCUT2D eigenvalue weighted by Gasteiger charge is 2.41. The van der Waals surface area contributed by atoms with Crippen molar-refractivity contribution in [1.82, 2.24) is 15.1 Å². The van der Waals surface area contributed by atoms with Gasteiger partial charge in [0.1, 0.15) is 11.0 Å². The number of carboxylic acids is 1. The van der Waals surface area contributed by atoms with Crippen LogP contribution in [0.25, 0.3) is 10.4 Å². The average molecular weight is 564 g/mol. The summed E-state index contributed by atoms with van der Waals surface area (Å²) in [7, 11) is 1.77. The number of hydrogen-bond donors (Lipinski definition) is 4. The molecule has 1 saturated carbocycles. The van der Waals surface area contributed by atoms with Crippen LogP contribution >= 0.6 is 34.5 Å². The molecule has 1 aliphatic rings. The Hall–Kier alpha value is -3.08. The summed E-state index contributed by atoms with van der Waals surface area (Å²) in [5.41, 5.74) is 0.566. The van der Waals surface area contributed by atoms with Crippen LogP contribution in [0.1, 0.15) is 49.4 Å². The third-order valence-corrected chi connectivity index (χ3v) is 8.34. The number of benzene rings is 1. The monoisotopic (exact) mass is 563 g/mol. The second-order valence-electron chi connectivity index (χ2n) is 9.39. The van der Waals surface area contributed by atoms with Crippen LogP contribution < -0.4 is 16.0 Å². The largest absolute Gasteiger partial charge is 0.480 e. The lowest BCUT2D eigenvalue weighted by molar-refractivity contribution is -0.143. The third kappa shape index (κ3) is 6.08. The molecular weight excluding hydrogens is 537 g/mol. The molecule has 0 spiro atoms. The zero-order chi connectivity index (χ0) is 26.7. The van der Waals surface area contributed by atoms with Crippen LogP contribution in [-0.2, 0) is 11.8 Å². The van der Waals surface area contributed by atoms with E-state index in [0.717, 1.165) is 24.8 Å². The maximum Gasteiger partial charge on any atom is 0.326 e. The molecule has 0 saturated heterocycles. The van der Waals surface area contributed by atoms with Gasteiger partial charge >= 0.3 is 12.0 Å². The van der Waals surface area contributed by atoms with Gasteiger partial charge in [-0.2, -0.15) is 5.10 Å². The van der Waals surface area contributed by atoms with Crippen LogP contribution in [-0.4, -0.2) is 38.8 Å². The summed E-state index contributed by atoms with van der Waals surface area (Å²) in [6, 6.07) is 4.73. The summed E-state index contributed by atoms with van der Waals surface area (Å²) in [6.07, 6.45) is 7.72. The van der Waals surface area contributed by atoms with Crippen molar-refractivity contribution >= 4 is 63.1 Å². The number of thiophene rings is 1. The normalized spacial score (nSPS) is 15.6. The Bertz CT molecular complexity index is 1310. The van der Waals surface area contributed by atoms with Crippen molar-refractivity contribution in [3.05, 3.63) is 52.3 Å². The van der Waals surface area contributed by atoms with E-state index in [9.17, 15) is 19.5 Å². The van der Waals surface area contributed by atoms with Crippen LogP contribution in [0.2, 0.25) is 10.0 Å². The van der Waals surface area contributed by atoms with Crippen molar-refractivity contribution in [3.8, 4) is 10.4 Å². The van der Waals surface area contributed by atoms with Gasteiger partial charge in [-0.15, -0.1) is 11.3 Å². The molecule has 2 aromatic heterocycles. The van der Waals surface area contributed by atoms with E-state index < -0.39 is 29.4 Å². The van der Waals surface area contributed by atoms with Crippen LogP contribution in [0.15, 0.2) is 36.7 Å². The number of anilines is 2. The molecule has 0 bridgehead atoms. The van der Waals surface area contributed by atoms with E-state index >= 15 is 0 Å². The maximum atomic E-state index is 13.5. The fourth-order valence-corrected chi connectivity index (χ4v) is 6.12. The van der Waals surface area contributed by atoms with E-state index in [1.54, 1.807) is 48.4 Å². The topological polar surface area (TPSA) is 125 Å². The summed E-state index contributed by atoms with van der Waals surface area (Å²) < 4.78 is 1.62. The van der Waals surface area contributed by atoms with Crippen molar-refractivity contribution in [3.63, 3.8) is 0 Å². The van der Waals surface area contributed by atoms with Crippen molar-refractivity contribution < 1.29 is 19.5 Å². The van der Waals surface area contributed by atoms with Crippen LogP contribution in [0, 0.1) is 5.41 Å². The zero-order valence-corrected chi connectivity index (χ0v) is 22.6. The van der Waals surface area contributed by atoms with E-state index in [-0.39, 0.29) is 26.3 Å². The van der Waals surface area contributed by atoms with Crippen molar-refractivity contribution in [1.29, 1.82) is 0 Å². The molecule has 1 aliphatic carbocycles. The second-order valence-corrected chi connectivity index (χ2v) is 11.3. The second kappa shape index (κ2) is 11.1. The minimum Gasteiger partial charge on any atom is -0.480 e. The number of amides is 3. The molecule has 3 amide bonds. The number of hydrogen-bond acceptors (Lipinski definition) is 5. The first-order valence-electron chi connectivity index (χ1n) is 11.8. The first-order valence-corrected chi connectivity index (χ1v) is 13.3. The highest BCUT2D eigenvalue weighted by molar-refractivity contribution is 7.20. The zero-order valence-electron chi connectivity index (χ0n) is 20.3. The smallest absolute Gasteiger partial charge is 0.326 e. The molecule has 196 valence electrons. The summed E-state index contributed by atoms with van der Waals surface area (Å²) in [5, 5.41) is 22.9. The van der Waals surface area contributed by atoms with Gasteiger partial charge in [-0.3, -0.25) is 14.8 Å². The summed E-state index contributed by atoms with van der Waals surface area (Å²) in [4.78, 5) is 39.2. The number of para-hydroxylation sites is 1. The first-order chi connectivity index (χ1) is 17.6. The summed E-state index contributed by atoms with van der Waals surface area (Å²) >= 11 is 13.5. The van der Waals surface area contributed by atoms with Crippen molar-refractivity contribution in [2.75, 3.05) is 10.6 Å². The van der Waals surface area contributed by atoms with E-state index in [1.165, 1.54) is 11.3 Å². The summed E-state index contributed by atoms with van der Waals surface area (Å²) in [5.74, 6) is -1.67. The number of carboxylic acid groups (broad SMARTS) is 1. The van der Waals surface area contributed by atoms with E-state index in [4.69, 9.17) is 23.2 Å². The van der Waals surface area contributed by atoms with Crippen molar-refractivity contribution in [2.45, 2.75) is 45.1 Å². The Labute approximate surface area is 228 Å². The highest BCUT2D eigenvalue weighted by atomic mass is 35.5. The molecule has 4 rings (SSSR count). The van der Waals surface area contributed by atoms with Crippen LogP contribution in [0.4, 0.5) is 15.5 Å². The predicted molar refractivity (Wildman–Crippen MR) is 146 cm³/mol. The van der Waals surface area contributed by atoms with Gasteiger partial charge in [0.25, 0.3) is 5.91 Å². The lowest BCUT2D eigenvalue weighted by Crippen LogP contribution is -2.52. The number of carbonyl (C=O) groups is 3. The third-order valence-electron chi connectivity index (χ3n) is 6.61. The SMILES string of the molecule is Cn1cc(-c2cc(C(=O)N[C@H](C(=O)O)C3(C)CCCCC3)c(NC(=O)Nc3c(Cl)cccc3Cl)s2)cn1. The van der Waals surface area contributed by atoms with Gasteiger partial charge in [-0.05, 0) is 36.5 Å². The number of aliphatic carboxylic acids is 1. The standard InChI is InChI=1S/C25H27Cl2N5O4S/c1-25(9-4-3-5-10-25)20(23(34)35)30-21(33)15-11-18(14-12-28-32(2)13-14)37-22(15)31-24(36)29-19-16(26)7-6-8-17(19)27/h6-8,11-13,20H,3-5,9-10H2,1-2H3,(H,30,33)(H,34,35)(H2,29,31,36)/t20-/m1/s1. The number of urea groups is 1. The molecule has 2 heterocycles. The van der Waals surface area contributed by atoms with Gasteiger partial charge < -0.3 is 15.7 Å². The van der Waals surface area contributed by atoms with Gasteiger partial charge in [0.15, 0.2) is 0 Å². The predicted octanol–water partition coefficient (Wildman–Crippen LogP) is 6.25. The minimum absolute atomic E-state index is 0.148. The lowest BCUT2D eigenvalue weighted by Gasteiger charge is -2.38. The summed E-state index contributed by atoms with van der Waals surface area (Å²) in [6.45, 7) is 1.90. The lowest BCUT2D eigenvalue weighted by atomic mass is 9.70. The fraction of sp³-hybridized carbons (Fsp3) is 0.360. The Morgan fingerprint density at radius 2 is 1.81 bits per heavy atom. The molecule has 0 unspecified atom stereocenters. The maximum absolute atomic E-state index is 13.5. The van der Waals surface area contributed by atoms with Gasteiger partial charge in [-0.25, -0.2) is 9.59 Å². The average Bonchev–Trinajstić information content (AvgIpc) is 3.46. The van der Waals surface area contributed by atoms with Crippen LogP contribution in [0.5, 0.6) is 0 Å². The van der Waals surface area contributed by atoms with Gasteiger partial charge in [-0.1, -0.05) is 55.5 Å². The van der Waals surface area contributed by atoms with E-state index in [1.807, 2.05) is 6.92 Å². The molecule has 37 heavy (non-hydrogen) atoms. The number of aromatic nitrogens is 2. The number of carbonyl (C=O) groups excluding carboxylic acids is 2. The van der Waals surface area contributed by atoms with E-state index in [0.29, 0.717) is 17.7 Å². The van der Waals surface area contributed by atoms with E-state index in [2.05, 4.69) is 21.0 Å². The fourth-order valence-electron chi connectivity index (χ4n) is 4.60. The minimum atomic E-state index is -1.08.